The van der Waals surface area contributed by atoms with Gasteiger partial charge in [0, 0.05) is 12.7 Å². The molecule has 1 amide bonds. The Bertz CT molecular complexity index is 1330. The highest BCUT2D eigenvalue weighted by Crippen LogP contribution is 2.24. The van der Waals surface area contributed by atoms with E-state index in [2.05, 4.69) is 5.32 Å². The Morgan fingerprint density at radius 2 is 1.52 bits per heavy atom. The van der Waals surface area contributed by atoms with Gasteiger partial charge in [0.05, 0.1) is 17.0 Å². The summed E-state index contributed by atoms with van der Waals surface area (Å²) in [4.78, 5) is 12.8. The fourth-order valence-corrected chi connectivity index (χ4v) is 4.74. The van der Waals surface area contributed by atoms with E-state index >= 15 is 0 Å². The van der Waals surface area contributed by atoms with E-state index in [1.807, 2.05) is 48.5 Å². The van der Waals surface area contributed by atoms with Crippen LogP contribution < -0.4 is 9.62 Å². The second-order valence-corrected chi connectivity index (χ2v) is 9.17. The maximum absolute atomic E-state index is 13.0. The van der Waals surface area contributed by atoms with Gasteiger partial charge in [-0.15, -0.1) is 0 Å². The molecule has 6 heteroatoms. The minimum absolute atomic E-state index is 0.113. The fourth-order valence-electron chi connectivity index (χ4n) is 3.49. The highest BCUT2D eigenvalue weighted by Gasteiger charge is 2.21. The first kappa shape index (κ1) is 20.6. The predicted molar refractivity (Wildman–Crippen MR) is 125 cm³/mol. The molecule has 4 aromatic rings. The van der Waals surface area contributed by atoms with E-state index in [9.17, 15) is 13.2 Å². The van der Waals surface area contributed by atoms with Crippen molar-refractivity contribution in [2.45, 2.75) is 11.3 Å². The summed E-state index contributed by atoms with van der Waals surface area (Å²) in [5.74, 6) is -0.206. The van der Waals surface area contributed by atoms with E-state index < -0.39 is 10.0 Å². The van der Waals surface area contributed by atoms with Crippen molar-refractivity contribution in [2.75, 3.05) is 16.7 Å². The number of nitrogens with one attached hydrogen (secondary N) is 1. The first-order valence-corrected chi connectivity index (χ1v) is 11.3. The lowest BCUT2D eigenvalue weighted by Crippen LogP contribution is -2.26. The first-order valence-electron chi connectivity index (χ1n) is 9.86. The molecule has 31 heavy (non-hydrogen) atoms. The Morgan fingerprint density at radius 1 is 0.839 bits per heavy atom. The molecule has 4 rings (SSSR count). The van der Waals surface area contributed by atoms with Crippen LogP contribution in [0.1, 0.15) is 5.56 Å². The molecule has 1 N–H and O–H groups in total. The van der Waals surface area contributed by atoms with Crippen LogP contribution in [-0.2, 0) is 21.2 Å². The number of carbonyl (C=O) groups excluding carboxylic acids is 1. The van der Waals surface area contributed by atoms with Gasteiger partial charge >= 0.3 is 0 Å². The Labute approximate surface area is 182 Å². The third kappa shape index (κ3) is 4.44. The van der Waals surface area contributed by atoms with Gasteiger partial charge in [-0.2, -0.15) is 0 Å². The average molecular weight is 431 g/mol. The molecule has 0 bridgehead atoms. The molecule has 0 heterocycles. The zero-order valence-electron chi connectivity index (χ0n) is 17.0. The second kappa shape index (κ2) is 8.62. The van der Waals surface area contributed by atoms with Crippen LogP contribution in [0.5, 0.6) is 0 Å². The number of anilines is 2. The third-order valence-corrected chi connectivity index (χ3v) is 6.91. The van der Waals surface area contributed by atoms with Gasteiger partial charge in [0.2, 0.25) is 5.91 Å². The van der Waals surface area contributed by atoms with Gasteiger partial charge in [-0.05, 0) is 46.7 Å². The Balaban J connectivity index is 1.54. The largest absolute Gasteiger partial charge is 0.326 e. The minimum atomic E-state index is -3.76. The molecule has 0 radical (unpaired) electrons. The Hall–Kier alpha value is -3.64. The molecule has 0 aliphatic rings. The van der Waals surface area contributed by atoms with Gasteiger partial charge < -0.3 is 5.32 Å². The van der Waals surface area contributed by atoms with Crippen molar-refractivity contribution in [3.8, 4) is 0 Å². The number of benzene rings is 4. The van der Waals surface area contributed by atoms with Crippen LogP contribution in [0.4, 0.5) is 11.4 Å². The van der Waals surface area contributed by atoms with E-state index in [0.29, 0.717) is 11.4 Å². The van der Waals surface area contributed by atoms with Crippen molar-refractivity contribution in [2.24, 2.45) is 0 Å². The molecule has 0 saturated carbocycles. The SMILES string of the molecule is CN(c1ccccc1)S(=O)(=O)c1cccc(NC(=O)Cc2cccc3ccccc23)c1. The van der Waals surface area contributed by atoms with Gasteiger partial charge in [0.1, 0.15) is 0 Å². The fraction of sp³-hybridized carbons (Fsp3) is 0.0800. The molecule has 0 aliphatic carbocycles. The molecule has 0 unspecified atom stereocenters. The van der Waals surface area contributed by atoms with Crippen molar-refractivity contribution in [3.63, 3.8) is 0 Å². The molecule has 0 fully saturated rings. The molecule has 0 saturated heterocycles. The van der Waals surface area contributed by atoms with Crippen LogP contribution in [0.2, 0.25) is 0 Å². The quantitative estimate of drug-likeness (QED) is 0.476. The van der Waals surface area contributed by atoms with Crippen molar-refractivity contribution in [1.29, 1.82) is 0 Å². The number of hydrogen-bond donors (Lipinski definition) is 1. The Kier molecular flexibility index (Phi) is 5.73. The summed E-state index contributed by atoms with van der Waals surface area (Å²) >= 11 is 0. The van der Waals surface area contributed by atoms with Gasteiger partial charge in [0.25, 0.3) is 10.0 Å². The number of hydrogen-bond acceptors (Lipinski definition) is 3. The zero-order valence-corrected chi connectivity index (χ0v) is 17.8. The van der Waals surface area contributed by atoms with E-state index in [-0.39, 0.29) is 17.2 Å². The summed E-state index contributed by atoms with van der Waals surface area (Å²) in [7, 11) is -2.25. The Morgan fingerprint density at radius 3 is 2.32 bits per heavy atom. The van der Waals surface area contributed by atoms with E-state index in [1.54, 1.807) is 36.4 Å². The molecule has 0 aliphatic heterocycles. The van der Waals surface area contributed by atoms with Crippen LogP contribution in [-0.4, -0.2) is 21.4 Å². The smallest absolute Gasteiger partial charge is 0.264 e. The summed E-state index contributed by atoms with van der Waals surface area (Å²) in [5, 5.41) is 4.93. The summed E-state index contributed by atoms with van der Waals surface area (Å²) < 4.78 is 27.3. The van der Waals surface area contributed by atoms with E-state index in [4.69, 9.17) is 0 Å². The third-order valence-electron chi connectivity index (χ3n) is 5.13. The maximum atomic E-state index is 13.0. The second-order valence-electron chi connectivity index (χ2n) is 7.20. The molecular formula is C25H22N2O3S. The summed E-state index contributed by atoms with van der Waals surface area (Å²) in [6.07, 6.45) is 0.197. The van der Waals surface area contributed by atoms with Crippen LogP contribution in [0, 0.1) is 0 Å². The lowest BCUT2D eigenvalue weighted by Gasteiger charge is -2.20. The minimum Gasteiger partial charge on any atom is -0.326 e. The molecular weight excluding hydrogens is 408 g/mol. The van der Waals surface area contributed by atoms with Crippen molar-refractivity contribution in [3.05, 3.63) is 103 Å². The van der Waals surface area contributed by atoms with E-state index in [1.165, 1.54) is 23.5 Å². The van der Waals surface area contributed by atoms with Crippen LogP contribution in [0.3, 0.4) is 0 Å². The number of carbonyl (C=O) groups is 1. The number of fused-ring (bicyclic) bond motifs is 1. The summed E-state index contributed by atoms with van der Waals surface area (Å²) in [6, 6.07) is 28.9. The lowest BCUT2D eigenvalue weighted by molar-refractivity contribution is -0.115. The number of rotatable bonds is 6. The van der Waals surface area contributed by atoms with Gasteiger partial charge in [-0.1, -0.05) is 66.7 Å². The van der Waals surface area contributed by atoms with Crippen LogP contribution in [0.15, 0.2) is 102 Å². The molecule has 156 valence electrons. The normalized spacial score (nSPS) is 11.3. The molecule has 0 atom stereocenters. The number of para-hydroxylation sites is 1. The van der Waals surface area contributed by atoms with Crippen LogP contribution in [0.25, 0.3) is 10.8 Å². The highest BCUT2D eigenvalue weighted by molar-refractivity contribution is 7.92. The molecule has 4 aromatic carbocycles. The average Bonchev–Trinajstić information content (AvgIpc) is 2.79. The first-order chi connectivity index (χ1) is 14.9. The highest BCUT2D eigenvalue weighted by atomic mass is 32.2. The number of nitrogens with zero attached hydrogens (tertiary/aromatic N) is 1. The lowest BCUT2D eigenvalue weighted by atomic mass is 10.0. The van der Waals surface area contributed by atoms with Crippen molar-refractivity contribution in [1.82, 2.24) is 0 Å². The summed E-state index contributed by atoms with van der Waals surface area (Å²) in [6.45, 7) is 0. The number of sulfonamides is 1. The standard InChI is InChI=1S/C25H22N2O3S/c1-27(22-13-3-2-4-14-22)31(29,30)23-15-8-12-21(18-23)26-25(28)17-20-11-7-10-19-9-5-6-16-24(19)20/h2-16,18H,17H2,1H3,(H,26,28). The number of amides is 1. The molecule has 5 nitrogen and oxygen atoms in total. The maximum Gasteiger partial charge on any atom is 0.264 e. The molecule has 0 aromatic heterocycles. The van der Waals surface area contributed by atoms with Crippen molar-refractivity contribution >= 4 is 38.1 Å². The van der Waals surface area contributed by atoms with Crippen molar-refractivity contribution < 1.29 is 13.2 Å². The summed E-state index contributed by atoms with van der Waals surface area (Å²) in [5.41, 5.74) is 1.92. The zero-order chi connectivity index (χ0) is 21.8. The van der Waals surface area contributed by atoms with Gasteiger partial charge in [0.15, 0.2) is 0 Å². The molecule has 0 spiro atoms. The van der Waals surface area contributed by atoms with Crippen LogP contribution >= 0.6 is 0 Å². The van der Waals surface area contributed by atoms with E-state index in [0.717, 1.165) is 16.3 Å². The topological polar surface area (TPSA) is 66.5 Å². The van der Waals surface area contributed by atoms with Gasteiger partial charge in [-0.25, -0.2) is 8.42 Å². The predicted octanol–water partition coefficient (Wildman–Crippen LogP) is 4.85. The monoisotopic (exact) mass is 430 g/mol. The van der Waals surface area contributed by atoms with Gasteiger partial charge in [-0.3, -0.25) is 9.10 Å².